The minimum Gasteiger partial charge on any atom is -0.496 e. The van der Waals surface area contributed by atoms with Crippen LogP contribution in [0.5, 0.6) is 11.5 Å². The maximum Gasteiger partial charge on any atom is 0.432 e. The molecular weight excluding hydrogens is 931 g/mol. The second-order valence-corrected chi connectivity index (χ2v) is 15.2. The minimum absolute atomic E-state index is 0.000503. The topological polar surface area (TPSA) is 108 Å². The zero-order valence-corrected chi connectivity index (χ0v) is 35.8. The lowest BCUT2D eigenvalue weighted by Crippen LogP contribution is -2.52. The lowest BCUT2D eigenvalue weighted by atomic mass is 9.92. The number of amides is 1. The van der Waals surface area contributed by atoms with Gasteiger partial charge in [-0.15, -0.1) is 0 Å². The molecule has 4 aromatic carbocycles. The predicted molar refractivity (Wildman–Crippen MR) is 217 cm³/mol. The number of carbonyl (C=O) groups is 2. The van der Waals surface area contributed by atoms with Crippen molar-refractivity contribution >= 4 is 65.4 Å². The van der Waals surface area contributed by atoms with E-state index >= 15 is 0 Å². The van der Waals surface area contributed by atoms with Gasteiger partial charge in [-0.1, -0.05) is 71.9 Å². The molecule has 0 saturated heterocycles. The van der Waals surface area contributed by atoms with E-state index in [0.717, 1.165) is 37.8 Å². The zero-order chi connectivity index (χ0) is 40.9. The van der Waals surface area contributed by atoms with Gasteiger partial charge in [0, 0.05) is 25.6 Å². The molecule has 1 N–H and O–H groups in total. The smallest absolute Gasteiger partial charge is 0.432 e. The number of ether oxygens (including phenoxy) is 4. The monoisotopic (exact) mass is 969 g/mol. The maximum absolute atomic E-state index is 14.9. The number of nitrogens with one attached hydrogen (secondary N) is 1. The van der Waals surface area contributed by atoms with Gasteiger partial charge in [-0.05, 0) is 109 Å². The van der Waals surface area contributed by atoms with E-state index in [1.807, 2.05) is 49.3 Å². The van der Waals surface area contributed by atoms with E-state index < -0.39 is 41.9 Å². The van der Waals surface area contributed by atoms with Gasteiger partial charge in [0.2, 0.25) is 0 Å². The Labute approximate surface area is 349 Å². The third-order valence-corrected chi connectivity index (χ3v) is 10.2. The average Bonchev–Trinajstić information content (AvgIpc) is 3.16. The van der Waals surface area contributed by atoms with Crippen LogP contribution in [0.15, 0.2) is 110 Å². The lowest BCUT2D eigenvalue weighted by molar-refractivity contribution is -0.278. The molecule has 0 aliphatic heterocycles. The van der Waals surface area contributed by atoms with E-state index in [4.69, 9.17) is 23.8 Å². The third-order valence-electron chi connectivity index (χ3n) is 8.36. The number of benzene rings is 4. The van der Waals surface area contributed by atoms with Gasteiger partial charge < -0.3 is 34.0 Å². The quantitative estimate of drug-likeness (QED) is 0.0430. The first-order chi connectivity index (χ1) is 26.7. The highest BCUT2D eigenvalue weighted by Crippen LogP contribution is 2.44. The van der Waals surface area contributed by atoms with Crippen LogP contribution in [0.3, 0.4) is 0 Å². The highest BCUT2D eigenvalue weighted by atomic mass is 79.9. The Morgan fingerprint density at radius 3 is 2.07 bits per heavy atom. The Bertz CT molecular complexity index is 1930. The van der Waals surface area contributed by atoms with Gasteiger partial charge in [-0.25, -0.2) is 4.79 Å². The number of nitrogens with zero attached hydrogens (tertiary/aromatic N) is 2. The first-order valence-electron chi connectivity index (χ1n) is 17.2. The molecule has 4 aromatic rings. The van der Waals surface area contributed by atoms with E-state index in [1.54, 1.807) is 30.3 Å². The van der Waals surface area contributed by atoms with Gasteiger partial charge in [0.15, 0.2) is 0 Å². The van der Waals surface area contributed by atoms with E-state index in [2.05, 4.69) is 58.3 Å². The van der Waals surface area contributed by atoms with Gasteiger partial charge in [-0.3, -0.25) is 4.79 Å². The molecule has 0 saturated carbocycles. The Kier molecular flexibility index (Phi) is 16.8. The Morgan fingerprint density at radius 2 is 1.50 bits per heavy atom. The standard InChI is InChI=1S/C40H41Br3F3N3O7/c1-49(2)18-11-19-54-36-31(42)22-28(23-32(36)43)35(56-38(51)39(53-4,40(44,45)46)29-14-9-6-10-15-29)24-47-37(50)33(48-55-25-26-12-7-5-8-13-26)21-27-16-17-34(52-3)30(41)20-27/h5-10,12-17,20,22-23,35H,11,18-19,21,24-25H2,1-4H3,(H,47,50)/b48-33+/t35-,39-/m0/s1. The summed E-state index contributed by atoms with van der Waals surface area (Å²) in [6.07, 6.45) is -5.98. The van der Waals surface area contributed by atoms with Crippen molar-refractivity contribution in [2.24, 2.45) is 5.16 Å². The largest absolute Gasteiger partial charge is 0.496 e. The van der Waals surface area contributed by atoms with Crippen molar-refractivity contribution in [2.45, 2.75) is 37.3 Å². The second kappa shape index (κ2) is 21.0. The summed E-state index contributed by atoms with van der Waals surface area (Å²) in [7, 11) is 6.20. The van der Waals surface area contributed by atoms with Crippen LogP contribution >= 0.6 is 47.8 Å². The van der Waals surface area contributed by atoms with Crippen LogP contribution in [0.2, 0.25) is 0 Å². The van der Waals surface area contributed by atoms with Gasteiger partial charge in [0.1, 0.15) is 29.9 Å². The molecule has 10 nitrogen and oxygen atoms in total. The number of rotatable bonds is 19. The van der Waals surface area contributed by atoms with Crippen LogP contribution in [0.25, 0.3) is 0 Å². The van der Waals surface area contributed by atoms with Crippen LogP contribution in [-0.2, 0) is 42.5 Å². The summed E-state index contributed by atoms with van der Waals surface area (Å²) in [5.41, 5.74) is -2.32. The van der Waals surface area contributed by atoms with E-state index in [0.29, 0.717) is 37.1 Å². The van der Waals surface area contributed by atoms with Gasteiger partial charge in [0.05, 0.1) is 33.7 Å². The molecular formula is C40H41Br3F3N3O7. The van der Waals surface area contributed by atoms with Crippen molar-refractivity contribution in [1.29, 1.82) is 0 Å². The Balaban J connectivity index is 1.69. The number of esters is 1. The molecule has 0 unspecified atom stereocenters. The van der Waals surface area contributed by atoms with Crippen LogP contribution in [0, 0.1) is 0 Å². The molecule has 0 fully saturated rings. The summed E-state index contributed by atoms with van der Waals surface area (Å²) in [5.74, 6) is -1.45. The van der Waals surface area contributed by atoms with Crippen molar-refractivity contribution in [2.75, 3.05) is 48.0 Å². The van der Waals surface area contributed by atoms with Gasteiger partial charge in [-0.2, -0.15) is 13.2 Å². The molecule has 16 heteroatoms. The summed E-state index contributed by atoms with van der Waals surface area (Å²) < 4.78 is 68.2. The van der Waals surface area contributed by atoms with Crippen molar-refractivity contribution < 1.29 is 46.5 Å². The maximum atomic E-state index is 14.9. The lowest BCUT2D eigenvalue weighted by Gasteiger charge is -2.34. The summed E-state index contributed by atoms with van der Waals surface area (Å²) in [6.45, 7) is 0.751. The number of halogens is 6. The molecule has 0 bridgehead atoms. The molecule has 56 heavy (non-hydrogen) atoms. The molecule has 0 aromatic heterocycles. The molecule has 0 aliphatic carbocycles. The van der Waals surface area contributed by atoms with Crippen LogP contribution in [-0.4, -0.2) is 76.7 Å². The fraction of sp³-hybridized carbons (Fsp3) is 0.325. The Morgan fingerprint density at radius 1 is 0.857 bits per heavy atom. The average molecular weight is 972 g/mol. The molecule has 300 valence electrons. The first-order valence-corrected chi connectivity index (χ1v) is 19.6. The normalized spacial score (nSPS) is 13.4. The molecule has 0 heterocycles. The number of oxime groups is 1. The fourth-order valence-electron chi connectivity index (χ4n) is 5.50. The SMILES string of the molecule is COc1ccc(C/C(=N\OCc2ccccc2)C(=O)NC[C@H](OC(=O)[C@@](OC)(c2ccccc2)C(F)(F)F)c2cc(Br)c(OCCCN(C)C)c(Br)c2)cc1Br. The summed E-state index contributed by atoms with van der Waals surface area (Å²) >= 11 is 10.4. The predicted octanol–water partition coefficient (Wildman–Crippen LogP) is 8.93. The van der Waals surface area contributed by atoms with Crippen LogP contribution < -0.4 is 14.8 Å². The van der Waals surface area contributed by atoms with Crippen molar-refractivity contribution in [3.63, 3.8) is 0 Å². The summed E-state index contributed by atoms with van der Waals surface area (Å²) in [4.78, 5) is 35.4. The fourth-order valence-corrected chi connectivity index (χ4v) is 7.54. The highest BCUT2D eigenvalue weighted by molar-refractivity contribution is 9.11. The van der Waals surface area contributed by atoms with Crippen molar-refractivity contribution in [3.8, 4) is 11.5 Å². The minimum atomic E-state index is -5.23. The summed E-state index contributed by atoms with van der Waals surface area (Å²) in [5, 5.41) is 6.85. The van der Waals surface area contributed by atoms with E-state index in [1.165, 1.54) is 25.3 Å². The number of methoxy groups -OCH3 is 2. The number of hydrogen-bond acceptors (Lipinski definition) is 9. The second-order valence-electron chi connectivity index (χ2n) is 12.6. The highest BCUT2D eigenvalue weighted by Gasteiger charge is 2.64. The molecule has 0 spiro atoms. The summed E-state index contributed by atoms with van der Waals surface area (Å²) in [6, 6.07) is 24.0. The van der Waals surface area contributed by atoms with Crippen LogP contribution in [0.1, 0.15) is 34.8 Å². The number of alkyl halides is 3. The number of hydrogen-bond donors (Lipinski definition) is 1. The Hall–Kier alpha value is -3.96. The van der Waals surface area contributed by atoms with Crippen LogP contribution in [0.4, 0.5) is 13.2 Å². The van der Waals surface area contributed by atoms with Crippen molar-refractivity contribution in [1.82, 2.24) is 10.2 Å². The zero-order valence-electron chi connectivity index (χ0n) is 31.0. The molecule has 2 atom stereocenters. The molecule has 4 rings (SSSR count). The van der Waals surface area contributed by atoms with E-state index in [-0.39, 0.29) is 24.3 Å². The van der Waals surface area contributed by atoms with E-state index in [9.17, 15) is 22.8 Å². The van der Waals surface area contributed by atoms with Crippen molar-refractivity contribution in [3.05, 3.63) is 127 Å². The first kappa shape index (κ1) is 44.8. The number of carbonyl (C=O) groups excluding carboxylic acids is 2. The molecule has 1 amide bonds. The van der Waals surface area contributed by atoms with Gasteiger partial charge >= 0.3 is 12.1 Å². The molecule has 0 radical (unpaired) electrons. The molecule has 0 aliphatic rings. The van der Waals surface area contributed by atoms with Gasteiger partial charge in [0.25, 0.3) is 11.5 Å². The third kappa shape index (κ3) is 11.8.